The minimum atomic E-state index is -1.06. The van der Waals surface area contributed by atoms with Gasteiger partial charge in [-0.3, -0.25) is 14.2 Å². The molecular weight excluding hydrogens is 310 g/mol. The molecule has 0 unspecified atom stereocenters. The summed E-state index contributed by atoms with van der Waals surface area (Å²) in [5, 5.41) is 8.90. The Hall–Kier alpha value is -2.67. The zero-order valence-corrected chi connectivity index (χ0v) is 14.2. The Kier molecular flexibility index (Phi) is 4.75. The highest BCUT2D eigenvalue weighted by atomic mass is 16.4. The second-order valence-electron chi connectivity index (χ2n) is 5.96. The van der Waals surface area contributed by atoms with Crippen LogP contribution >= 0.6 is 0 Å². The van der Waals surface area contributed by atoms with Crippen molar-refractivity contribution in [3.05, 3.63) is 55.9 Å². The van der Waals surface area contributed by atoms with E-state index in [0.29, 0.717) is 11.3 Å². The van der Waals surface area contributed by atoms with Gasteiger partial charge in [-0.05, 0) is 37.0 Å². The van der Waals surface area contributed by atoms with Crippen LogP contribution in [0.25, 0.3) is 11.1 Å². The highest BCUT2D eigenvalue weighted by molar-refractivity contribution is 5.74. The number of benzene rings is 1. The topological polar surface area (TPSA) is 107 Å². The lowest BCUT2D eigenvalue weighted by Gasteiger charge is -2.15. The maximum atomic E-state index is 12.5. The van der Waals surface area contributed by atoms with Crippen LogP contribution in [0.4, 0.5) is 0 Å². The fraction of sp³-hybridized carbons (Fsp3) is 0.353. The summed E-state index contributed by atoms with van der Waals surface area (Å²) in [4.78, 5) is 35.4. The van der Waals surface area contributed by atoms with Crippen molar-refractivity contribution >= 4 is 5.97 Å². The van der Waals surface area contributed by atoms with Gasteiger partial charge < -0.3 is 15.4 Å². The van der Waals surface area contributed by atoms with Gasteiger partial charge in [0.2, 0.25) is 0 Å². The van der Waals surface area contributed by atoms with Crippen molar-refractivity contribution in [1.29, 1.82) is 0 Å². The van der Waals surface area contributed by atoms with E-state index in [1.807, 2.05) is 13.0 Å². The fourth-order valence-electron chi connectivity index (χ4n) is 2.73. The van der Waals surface area contributed by atoms with Crippen molar-refractivity contribution < 1.29 is 9.90 Å². The molecule has 0 spiro atoms. The summed E-state index contributed by atoms with van der Waals surface area (Å²) in [7, 11) is 3.07. The van der Waals surface area contributed by atoms with Gasteiger partial charge in [0.15, 0.2) is 0 Å². The third-order valence-electron chi connectivity index (χ3n) is 4.29. The summed E-state index contributed by atoms with van der Waals surface area (Å²) in [5.41, 5.74) is 8.21. The molecule has 24 heavy (non-hydrogen) atoms. The highest BCUT2D eigenvalue weighted by Crippen LogP contribution is 2.24. The number of rotatable bonds is 4. The van der Waals surface area contributed by atoms with Crippen LogP contribution in [-0.2, 0) is 25.3 Å². The number of nitrogens with two attached hydrogens (primary N) is 1. The van der Waals surface area contributed by atoms with E-state index in [4.69, 9.17) is 10.8 Å². The van der Waals surface area contributed by atoms with Gasteiger partial charge in [0.1, 0.15) is 6.04 Å². The van der Waals surface area contributed by atoms with E-state index in [2.05, 4.69) is 0 Å². The van der Waals surface area contributed by atoms with E-state index in [1.54, 1.807) is 26.1 Å². The molecule has 0 aliphatic heterocycles. The number of aryl methyl sites for hydroxylation is 1. The van der Waals surface area contributed by atoms with Crippen molar-refractivity contribution in [3.63, 3.8) is 0 Å². The average Bonchev–Trinajstić information content (AvgIpc) is 2.53. The maximum absolute atomic E-state index is 12.5. The number of aliphatic carboxylic acids is 1. The third-order valence-corrected chi connectivity index (χ3v) is 4.29. The molecule has 0 saturated heterocycles. The Labute approximate surface area is 139 Å². The lowest BCUT2D eigenvalue weighted by Crippen LogP contribution is -2.39. The van der Waals surface area contributed by atoms with Crippen molar-refractivity contribution in [1.82, 2.24) is 9.13 Å². The second-order valence-corrected chi connectivity index (χ2v) is 5.96. The van der Waals surface area contributed by atoms with Gasteiger partial charge in [-0.15, -0.1) is 0 Å². The summed E-state index contributed by atoms with van der Waals surface area (Å²) in [6, 6.07) is 4.38. The van der Waals surface area contributed by atoms with E-state index in [-0.39, 0.29) is 17.7 Å². The first-order chi connectivity index (χ1) is 11.1. The number of carbonyl (C=O) groups is 1. The summed E-state index contributed by atoms with van der Waals surface area (Å²) < 4.78 is 2.51. The number of hydrogen-bond acceptors (Lipinski definition) is 4. The number of nitrogens with zero attached hydrogens (tertiary/aromatic N) is 2. The van der Waals surface area contributed by atoms with Gasteiger partial charge in [0.25, 0.3) is 5.56 Å². The van der Waals surface area contributed by atoms with Gasteiger partial charge in [-0.2, -0.15) is 0 Å². The normalized spacial score (nSPS) is 12.2. The number of hydrogen-bond donors (Lipinski definition) is 2. The summed E-state index contributed by atoms with van der Waals surface area (Å²) in [6.07, 6.45) is 0.209. The van der Waals surface area contributed by atoms with E-state index in [9.17, 15) is 14.4 Å². The van der Waals surface area contributed by atoms with E-state index in [1.165, 1.54) is 11.6 Å². The first-order valence-electron chi connectivity index (χ1n) is 7.50. The predicted octanol–water partition coefficient (Wildman–Crippen LogP) is 0.322. The zero-order chi connectivity index (χ0) is 18.2. The monoisotopic (exact) mass is 331 g/mol. The molecule has 0 bridgehead atoms. The smallest absolute Gasteiger partial charge is 0.330 e. The molecule has 7 heteroatoms. The first kappa shape index (κ1) is 17.7. The molecule has 0 aliphatic rings. The van der Waals surface area contributed by atoms with Crippen LogP contribution in [0.3, 0.4) is 0 Å². The fourth-order valence-corrected chi connectivity index (χ4v) is 2.73. The van der Waals surface area contributed by atoms with Gasteiger partial charge in [-0.25, -0.2) is 4.79 Å². The second kappa shape index (κ2) is 6.45. The van der Waals surface area contributed by atoms with Crippen LogP contribution < -0.4 is 17.0 Å². The minimum absolute atomic E-state index is 0.209. The van der Waals surface area contributed by atoms with Crippen molar-refractivity contribution in [2.24, 2.45) is 19.8 Å². The molecule has 2 aromatic rings. The minimum Gasteiger partial charge on any atom is -0.480 e. The summed E-state index contributed by atoms with van der Waals surface area (Å²) in [6.45, 7) is 3.57. The lowest BCUT2D eigenvalue weighted by atomic mass is 9.96. The van der Waals surface area contributed by atoms with Crippen LogP contribution in [0, 0.1) is 13.8 Å². The maximum Gasteiger partial charge on any atom is 0.330 e. The van der Waals surface area contributed by atoms with E-state index < -0.39 is 12.0 Å². The van der Waals surface area contributed by atoms with Gasteiger partial charge in [0, 0.05) is 19.8 Å². The Morgan fingerprint density at radius 2 is 1.83 bits per heavy atom. The van der Waals surface area contributed by atoms with Crippen molar-refractivity contribution in [2.45, 2.75) is 26.3 Å². The van der Waals surface area contributed by atoms with Crippen molar-refractivity contribution in [2.75, 3.05) is 0 Å². The average molecular weight is 331 g/mol. The zero-order valence-electron chi connectivity index (χ0n) is 14.2. The number of carboxylic acid groups (broad SMARTS) is 1. The standard InChI is InChI=1S/C17H21N3O4/c1-9-7-11(8-13(18)16(22)23)5-6-12(9)14-10(2)19(3)17(24)20(4)15(14)21/h5-7,13H,8,18H2,1-4H3,(H,22,23)/t13-/m0/s1. The van der Waals surface area contributed by atoms with Gasteiger partial charge >= 0.3 is 11.7 Å². The summed E-state index contributed by atoms with van der Waals surface area (Å²) >= 11 is 0. The van der Waals surface area contributed by atoms with E-state index >= 15 is 0 Å². The van der Waals surface area contributed by atoms with Crippen LogP contribution in [0.2, 0.25) is 0 Å². The SMILES string of the molecule is Cc1cc(C[C@H](N)C(=O)O)ccc1-c1c(C)n(C)c(=O)n(C)c1=O. The molecule has 0 aliphatic carbocycles. The summed E-state index contributed by atoms with van der Waals surface area (Å²) in [5.74, 6) is -1.06. The predicted molar refractivity (Wildman–Crippen MR) is 91.1 cm³/mol. The Balaban J connectivity index is 2.58. The Morgan fingerprint density at radius 1 is 1.21 bits per heavy atom. The molecule has 0 fully saturated rings. The molecule has 128 valence electrons. The largest absolute Gasteiger partial charge is 0.480 e. The molecular formula is C17H21N3O4. The number of carboxylic acids is 1. The number of aromatic nitrogens is 2. The van der Waals surface area contributed by atoms with Gasteiger partial charge in [0.05, 0.1) is 5.56 Å². The Bertz CT molecular complexity index is 925. The third kappa shape index (κ3) is 3.03. The van der Waals surface area contributed by atoms with Crippen LogP contribution in [0.15, 0.2) is 27.8 Å². The van der Waals surface area contributed by atoms with Crippen LogP contribution in [-0.4, -0.2) is 26.3 Å². The quantitative estimate of drug-likeness (QED) is 0.839. The molecule has 1 heterocycles. The molecule has 0 radical (unpaired) electrons. The molecule has 3 N–H and O–H groups in total. The molecule has 0 saturated carbocycles. The molecule has 7 nitrogen and oxygen atoms in total. The molecule has 2 rings (SSSR count). The lowest BCUT2D eigenvalue weighted by molar-refractivity contribution is -0.138. The van der Waals surface area contributed by atoms with E-state index in [0.717, 1.165) is 21.3 Å². The molecule has 0 amide bonds. The highest BCUT2D eigenvalue weighted by Gasteiger charge is 2.17. The van der Waals surface area contributed by atoms with Crippen LogP contribution in [0.1, 0.15) is 16.8 Å². The van der Waals surface area contributed by atoms with Gasteiger partial charge in [-0.1, -0.05) is 18.2 Å². The molecule has 1 atom stereocenters. The molecule has 1 aromatic carbocycles. The van der Waals surface area contributed by atoms with Crippen molar-refractivity contribution in [3.8, 4) is 11.1 Å². The Morgan fingerprint density at radius 3 is 2.38 bits per heavy atom. The molecule has 1 aromatic heterocycles. The first-order valence-corrected chi connectivity index (χ1v) is 7.50. The van der Waals surface area contributed by atoms with Crippen LogP contribution in [0.5, 0.6) is 0 Å².